The number of halogens is 2. The quantitative estimate of drug-likeness (QED) is 0.680. The Balaban J connectivity index is 1.72. The summed E-state index contributed by atoms with van der Waals surface area (Å²) in [5, 5.41) is 18.1. The largest absolute Gasteiger partial charge is 0.478 e. The van der Waals surface area contributed by atoms with E-state index in [0.717, 1.165) is 24.1 Å². The van der Waals surface area contributed by atoms with Crippen LogP contribution >= 0.6 is 0 Å². The van der Waals surface area contributed by atoms with E-state index in [0.29, 0.717) is 5.69 Å². The van der Waals surface area contributed by atoms with Crippen LogP contribution in [0.25, 0.3) is 11.3 Å². The summed E-state index contributed by atoms with van der Waals surface area (Å²) < 4.78 is 28.6. The molecule has 1 N–H and O–H groups in total. The highest BCUT2D eigenvalue weighted by Crippen LogP contribution is 2.69. The SMILES string of the molecule is CC1(C)[C@H]2CC[C@@]1(c1cc(C(=O)O)ccn1)c1nnc(-c3c(F)cccc3F)cc12. The molecule has 1 fully saturated rings. The predicted octanol–water partition coefficient (Wildman–Crippen LogP) is 4.72. The summed E-state index contributed by atoms with van der Waals surface area (Å²) >= 11 is 0. The van der Waals surface area contributed by atoms with Crippen LogP contribution in [-0.4, -0.2) is 26.3 Å². The summed E-state index contributed by atoms with van der Waals surface area (Å²) in [6.45, 7) is 4.23. The molecular formula is C23H19F2N3O2. The Morgan fingerprint density at radius 2 is 1.87 bits per heavy atom. The molecule has 3 aromatic rings. The highest BCUT2D eigenvalue weighted by atomic mass is 19.1. The minimum Gasteiger partial charge on any atom is -0.478 e. The van der Waals surface area contributed by atoms with Crippen molar-refractivity contribution in [3.05, 3.63) is 76.7 Å². The van der Waals surface area contributed by atoms with E-state index >= 15 is 0 Å². The van der Waals surface area contributed by atoms with Crippen molar-refractivity contribution in [1.29, 1.82) is 0 Å². The Kier molecular flexibility index (Phi) is 3.84. The van der Waals surface area contributed by atoms with Gasteiger partial charge in [-0.3, -0.25) is 4.98 Å². The zero-order valence-corrected chi connectivity index (χ0v) is 16.5. The maximum atomic E-state index is 14.3. The highest BCUT2D eigenvalue weighted by Gasteiger charge is 2.65. The van der Waals surface area contributed by atoms with Gasteiger partial charge in [-0.15, -0.1) is 5.10 Å². The number of benzene rings is 1. The van der Waals surface area contributed by atoms with Crippen molar-refractivity contribution in [2.45, 2.75) is 38.0 Å². The molecule has 2 heterocycles. The molecule has 0 unspecified atom stereocenters. The number of aromatic carboxylic acids is 1. The third kappa shape index (κ3) is 2.26. The van der Waals surface area contributed by atoms with E-state index < -0.39 is 23.0 Å². The van der Waals surface area contributed by atoms with Gasteiger partial charge in [-0.1, -0.05) is 19.9 Å². The van der Waals surface area contributed by atoms with Gasteiger partial charge in [0.05, 0.1) is 33.6 Å². The molecule has 2 aromatic heterocycles. The van der Waals surface area contributed by atoms with Crippen LogP contribution in [0.3, 0.4) is 0 Å². The fourth-order valence-corrected chi connectivity index (χ4v) is 5.55. The number of hydrogen-bond acceptors (Lipinski definition) is 4. The maximum Gasteiger partial charge on any atom is 0.335 e. The molecule has 2 bridgehead atoms. The predicted molar refractivity (Wildman–Crippen MR) is 105 cm³/mol. The molecule has 2 atom stereocenters. The molecule has 0 aliphatic heterocycles. The van der Waals surface area contributed by atoms with Crippen molar-refractivity contribution in [1.82, 2.24) is 15.2 Å². The molecule has 0 saturated heterocycles. The van der Waals surface area contributed by atoms with Crippen molar-refractivity contribution in [2.75, 3.05) is 0 Å². The van der Waals surface area contributed by atoms with Gasteiger partial charge in [0.1, 0.15) is 11.6 Å². The number of fused-ring (bicyclic) bond motifs is 5. The zero-order chi connectivity index (χ0) is 21.3. The number of carboxylic acids is 1. The lowest BCUT2D eigenvalue weighted by molar-refractivity contribution is 0.0696. The number of carbonyl (C=O) groups is 1. The molecule has 1 aromatic carbocycles. The van der Waals surface area contributed by atoms with Gasteiger partial charge in [-0.2, -0.15) is 5.10 Å². The molecule has 7 heteroatoms. The first-order valence-electron chi connectivity index (χ1n) is 9.79. The van der Waals surface area contributed by atoms with Gasteiger partial charge in [-0.25, -0.2) is 13.6 Å². The van der Waals surface area contributed by atoms with Gasteiger partial charge in [-0.05, 0) is 60.1 Å². The third-order valence-corrected chi connectivity index (χ3v) is 7.05. The van der Waals surface area contributed by atoms with Crippen LogP contribution in [-0.2, 0) is 5.41 Å². The summed E-state index contributed by atoms with van der Waals surface area (Å²) in [6.07, 6.45) is 3.12. The van der Waals surface area contributed by atoms with Crippen molar-refractivity contribution < 1.29 is 18.7 Å². The van der Waals surface area contributed by atoms with Crippen LogP contribution in [0.2, 0.25) is 0 Å². The van der Waals surface area contributed by atoms with Gasteiger partial charge in [0, 0.05) is 6.20 Å². The van der Waals surface area contributed by atoms with Crippen molar-refractivity contribution >= 4 is 5.97 Å². The first-order chi connectivity index (χ1) is 14.3. The van der Waals surface area contributed by atoms with E-state index in [9.17, 15) is 18.7 Å². The van der Waals surface area contributed by atoms with E-state index in [1.54, 1.807) is 12.1 Å². The Bertz CT molecular complexity index is 1190. The smallest absolute Gasteiger partial charge is 0.335 e. The van der Waals surface area contributed by atoms with Crippen LogP contribution in [0.5, 0.6) is 0 Å². The summed E-state index contributed by atoms with van der Waals surface area (Å²) in [6, 6.07) is 8.52. The van der Waals surface area contributed by atoms with Crippen LogP contribution in [0.15, 0.2) is 42.6 Å². The van der Waals surface area contributed by atoms with E-state index in [4.69, 9.17) is 0 Å². The first kappa shape index (κ1) is 18.8. The van der Waals surface area contributed by atoms with E-state index in [1.807, 2.05) is 0 Å². The molecule has 2 aliphatic rings. The standard InChI is InChI=1S/C23H19F2N3O2/c1-22(2)14-6-8-23(22,18-10-12(21(29)30)7-9-26-18)20-13(14)11-17(27-28-20)19-15(24)4-3-5-16(19)25/h3-5,7,9-11,14H,6,8H2,1-2H3,(H,29,30)/t14-,23+/m0/s1. The average molecular weight is 407 g/mol. The summed E-state index contributed by atoms with van der Waals surface area (Å²) in [4.78, 5) is 16.0. The highest BCUT2D eigenvalue weighted by molar-refractivity contribution is 5.87. The minimum absolute atomic E-state index is 0.104. The number of rotatable bonds is 3. The fourth-order valence-electron chi connectivity index (χ4n) is 5.55. The molecule has 0 amide bonds. The second-order valence-electron chi connectivity index (χ2n) is 8.58. The topological polar surface area (TPSA) is 76.0 Å². The summed E-state index contributed by atoms with van der Waals surface area (Å²) in [5.74, 6) is -2.28. The molecular weight excluding hydrogens is 388 g/mol. The monoisotopic (exact) mass is 407 g/mol. The van der Waals surface area contributed by atoms with Gasteiger partial charge in [0.15, 0.2) is 0 Å². The van der Waals surface area contributed by atoms with Crippen LogP contribution in [0.1, 0.15) is 59.9 Å². The number of hydrogen-bond donors (Lipinski definition) is 1. The molecule has 1 saturated carbocycles. The molecule has 0 spiro atoms. The lowest BCUT2D eigenvalue weighted by Crippen LogP contribution is -2.38. The van der Waals surface area contributed by atoms with E-state index in [-0.39, 0.29) is 28.2 Å². The number of pyridine rings is 1. The van der Waals surface area contributed by atoms with E-state index in [1.165, 1.54) is 30.5 Å². The van der Waals surface area contributed by atoms with Gasteiger partial charge >= 0.3 is 5.97 Å². The molecule has 2 aliphatic carbocycles. The summed E-state index contributed by atoms with van der Waals surface area (Å²) in [5.41, 5.74) is 1.51. The van der Waals surface area contributed by atoms with Crippen LogP contribution in [0.4, 0.5) is 8.78 Å². The average Bonchev–Trinajstić information content (AvgIpc) is 3.09. The lowest BCUT2D eigenvalue weighted by atomic mass is 9.66. The van der Waals surface area contributed by atoms with E-state index in [2.05, 4.69) is 29.0 Å². The van der Waals surface area contributed by atoms with Gasteiger partial charge in [0.25, 0.3) is 0 Å². The lowest BCUT2D eigenvalue weighted by Gasteiger charge is -2.37. The molecule has 5 rings (SSSR count). The Labute approximate surface area is 171 Å². The maximum absolute atomic E-state index is 14.3. The molecule has 152 valence electrons. The van der Waals surface area contributed by atoms with Gasteiger partial charge in [0.2, 0.25) is 0 Å². The van der Waals surface area contributed by atoms with Crippen LogP contribution < -0.4 is 0 Å². The zero-order valence-electron chi connectivity index (χ0n) is 16.5. The first-order valence-corrected chi connectivity index (χ1v) is 9.79. The summed E-state index contributed by atoms with van der Waals surface area (Å²) in [7, 11) is 0. The minimum atomic E-state index is -1.02. The second-order valence-corrected chi connectivity index (χ2v) is 8.58. The number of aromatic nitrogens is 3. The van der Waals surface area contributed by atoms with Crippen molar-refractivity contribution in [2.24, 2.45) is 5.41 Å². The number of carboxylic acid groups (broad SMARTS) is 1. The number of nitrogens with zero attached hydrogens (tertiary/aromatic N) is 3. The Morgan fingerprint density at radius 1 is 1.13 bits per heavy atom. The fraction of sp³-hybridized carbons (Fsp3) is 0.304. The third-order valence-electron chi connectivity index (χ3n) is 7.05. The van der Waals surface area contributed by atoms with Crippen LogP contribution in [0, 0.1) is 17.0 Å². The molecule has 5 nitrogen and oxygen atoms in total. The van der Waals surface area contributed by atoms with Gasteiger partial charge < -0.3 is 5.11 Å². The Hall–Kier alpha value is -3.22. The normalized spacial score (nSPS) is 23.4. The van der Waals surface area contributed by atoms with Crippen molar-refractivity contribution in [3.8, 4) is 11.3 Å². The Morgan fingerprint density at radius 3 is 2.57 bits per heavy atom. The second kappa shape index (κ2) is 6.14. The van der Waals surface area contributed by atoms with Crippen molar-refractivity contribution in [3.63, 3.8) is 0 Å². The molecule has 30 heavy (non-hydrogen) atoms. The molecule has 0 radical (unpaired) electrons.